The first kappa shape index (κ1) is 19.2. The first-order chi connectivity index (χ1) is 11.7. The fourth-order valence-corrected chi connectivity index (χ4v) is 2.95. The van der Waals surface area contributed by atoms with Crippen LogP contribution in [0.25, 0.3) is 0 Å². The Balaban J connectivity index is 2.09. The van der Waals surface area contributed by atoms with Gasteiger partial charge in [-0.05, 0) is 52.7 Å². The summed E-state index contributed by atoms with van der Waals surface area (Å²) in [5.41, 5.74) is -0.119. The highest BCUT2D eigenvalue weighted by Crippen LogP contribution is 2.30. The number of benzene rings is 1. The van der Waals surface area contributed by atoms with Gasteiger partial charge in [0.2, 0.25) is 0 Å². The molecule has 0 spiro atoms. The molecule has 1 aliphatic heterocycles. The predicted molar refractivity (Wildman–Crippen MR) is 93.2 cm³/mol. The van der Waals surface area contributed by atoms with Gasteiger partial charge in [-0.1, -0.05) is 18.2 Å². The standard InChI is InChI=1S/C19H27NO5/c1-13(24-17(21)14-9-7-6-8-10-14)15-11-12-16(23-5)20(15)18(22)25-19(2,3)4/h6-10,13,15-16H,11-12H2,1-5H3/t13-,15+,16?/m1/s1. The molecule has 0 N–H and O–H groups in total. The van der Waals surface area contributed by atoms with E-state index in [1.54, 1.807) is 43.2 Å². The van der Waals surface area contributed by atoms with Crippen LogP contribution < -0.4 is 0 Å². The molecule has 0 bridgehead atoms. The first-order valence-corrected chi connectivity index (χ1v) is 8.53. The summed E-state index contributed by atoms with van der Waals surface area (Å²) in [6.45, 7) is 7.24. The fourth-order valence-electron chi connectivity index (χ4n) is 2.95. The largest absolute Gasteiger partial charge is 0.457 e. The summed E-state index contributed by atoms with van der Waals surface area (Å²) < 4.78 is 16.5. The van der Waals surface area contributed by atoms with Crippen LogP contribution in [0.5, 0.6) is 0 Å². The molecule has 6 nitrogen and oxygen atoms in total. The van der Waals surface area contributed by atoms with Crippen molar-refractivity contribution in [2.75, 3.05) is 7.11 Å². The molecule has 25 heavy (non-hydrogen) atoms. The zero-order valence-electron chi connectivity index (χ0n) is 15.5. The average molecular weight is 349 g/mol. The number of hydrogen-bond acceptors (Lipinski definition) is 5. The monoisotopic (exact) mass is 349 g/mol. The third kappa shape index (κ3) is 4.95. The van der Waals surface area contributed by atoms with Crippen molar-refractivity contribution in [1.82, 2.24) is 4.90 Å². The van der Waals surface area contributed by atoms with Gasteiger partial charge in [-0.25, -0.2) is 9.59 Å². The van der Waals surface area contributed by atoms with Crippen molar-refractivity contribution < 1.29 is 23.8 Å². The van der Waals surface area contributed by atoms with E-state index in [1.165, 1.54) is 0 Å². The lowest BCUT2D eigenvalue weighted by molar-refractivity contribution is -0.0597. The van der Waals surface area contributed by atoms with E-state index in [0.29, 0.717) is 18.4 Å². The molecule has 1 heterocycles. The van der Waals surface area contributed by atoms with Crippen molar-refractivity contribution >= 4 is 12.1 Å². The van der Waals surface area contributed by atoms with Crippen LogP contribution >= 0.6 is 0 Å². The normalized spacial score (nSPS) is 21.7. The Morgan fingerprint density at radius 2 is 1.80 bits per heavy atom. The number of ether oxygens (including phenoxy) is 3. The van der Waals surface area contributed by atoms with Gasteiger partial charge in [-0.15, -0.1) is 0 Å². The van der Waals surface area contributed by atoms with Crippen molar-refractivity contribution in [3.05, 3.63) is 35.9 Å². The lowest BCUT2D eigenvalue weighted by atomic mass is 10.1. The maximum Gasteiger partial charge on any atom is 0.412 e. The summed E-state index contributed by atoms with van der Waals surface area (Å²) in [4.78, 5) is 26.4. The van der Waals surface area contributed by atoms with Crippen molar-refractivity contribution in [2.24, 2.45) is 0 Å². The van der Waals surface area contributed by atoms with Crippen LogP contribution in [-0.4, -0.2) is 48.0 Å². The summed E-state index contributed by atoms with van der Waals surface area (Å²) in [6.07, 6.45) is 0.0526. The number of carbonyl (C=O) groups is 2. The van der Waals surface area contributed by atoms with E-state index in [-0.39, 0.29) is 12.3 Å². The lowest BCUT2D eigenvalue weighted by Crippen LogP contribution is -2.49. The number of methoxy groups -OCH3 is 1. The minimum Gasteiger partial charge on any atom is -0.457 e. The molecule has 0 aliphatic carbocycles. The molecule has 1 aromatic carbocycles. The van der Waals surface area contributed by atoms with Gasteiger partial charge < -0.3 is 14.2 Å². The van der Waals surface area contributed by atoms with E-state index in [4.69, 9.17) is 14.2 Å². The Labute approximate surface area is 149 Å². The number of amides is 1. The minimum atomic E-state index is -0.605. The molecule has 0 radical (unpaired) electrons. The quantitative estimate of drug-likeness (QED) is 0.777. The summed E-state index contributed by atoms with van der Waals surface area (Å²) in [5, 5.41) is 0. The summed E-state index contributed by atoms with van der Waals surface area (Å²) in [5.74, 6) is -0.405. The molecule has 1 unspecified atom stereocenters. The highest BCUT2D eigenvalue weighted by molar-refractivity contribution is 5.89. The van der Waals surface area contributed by atoms with Gasteiger partial charge in [0.25, 0.3) is 0 Å². The van der Waals surface area contributed by atoms with Gasteiger partial charge in [0.15, 0.2) is 0 Å². The number of hydrogen-bond donors (Lipinski definition) is 0. The number of esters is 1. The summed E-state index contributed by atoms with van der Waals surface area (Å²) in [6, 6.07) is 8.52. The fraction of sp³-hybridized carbons (Fsp3) is 0.579. The van der Waals surface area contributed by atoms with E-state index in [9.17, 15) is 9.59 Å². The number of nitrogens with zero attached hydrogens (tertiary/aromatic N) is 1. The van der Waals surface area contributed by atoms with Gasteiger partial charge in [-0.3, -0.25) is 4.90 Å². The molecule has 3 atom stereocenters. The van der Waals surface area contributed by atoms with Gasteiger partial charge >= 0.3 is 12.1 Å². The molecule has 0 saturated carbocycles. The molecular formula is C19H27NO5. The maximum absolute atomic E-state index is 12.6. The molecule has 0 aromatic heterocycles. The Kier molecular flexibility index (Phi) is 6.06. The zero-order valence-corrected chi connectivity index (χ0v) is 15.5. The molecule has 1 fully saturated rings. The van der Waals surface area contributed by atoms with Crippen molar-refractivity contribution in [3.63, 3.8) is 0 Å². The number of carbonyl (C=O) groups excluding carboxylic acids is 2. The van der Waals surface area contributed by atoms with Crippen LogP contribution in [0.4, 0.5) is 4.79 Å². The minimum absolute atomic E-state index is 0.285. The summed E-state index contributed by atoms with van der Waals surface area (Å²) >= 11 is 0. The van der Waals surface area contributed by atoms with E-state index in [0.717, 1.165) is 0 Å². The molecule has 1 amide bonds. The molecule has 2 rings (SSSR count). The lowest BCUT2D eigenvalue weighted by Gasteiger charge is -2.34. The second-order valence-electron chi connectivity index (χ2n) is 7.20. The van der Waals surface area contributed by atoms with Crippen LogP contribution in [0.15, 0.2) is 30.3 Å². The van der Waals surface area contributed by atoms with Crippen molar-refractivity contribution in [1.29, 1.82) is 0 Å². The number of likely N-dealkylation sites (tertiary alicyclic amines) is 1. The topological polar surface area (TPSA) is 65.1 Å². The van der Waals surface area contributed by atoms with Crippen LogP contribution in [0.2, 0.25) is 0 Å². The zero-order chi connectivity index (χ0) is 18.6. The number of rotatable bonds is 4. The highest BCUT2D eigenvalue weighted by Gasteiger charge is 2.43. The van der Waals surface area contributed by atoms with Gasteiger partial charge in [0.05, 0.1) is 11.6 Å². The predicted octanol–water partition coefficient (Wildman–Crippen LogP) is 3.60. The second kappa shape index (κ2) is 7.87. The maximum atomic E-state index is 12.6. The van der Waals surface area contributed by atoms with E-state index in [1.807, 2.05) is 26.8 Å². The van der Waals surface area contributed by atoms with Crippen LogP contribution in [0, 0.1) is 0 Å². The SMILES string of the molecule is COC1CC[C@@H]([C@@H](C)OC(=O)c2ccccc2)N1C(=O)OC(C)(C)C. The molecule has 1 aliphatic rings. The molecule has 138 valence electrons. The van der Waals surface area contributed by atoms with E-state index < -0.39 is 23.8 Å². The van der Waals surface area contributed by atoms with Gasteiger partial charge in [0, 0.05) is 7.11 Å². The van der Waals surface area contributed by atoms with E-state index >= 15 is 0 Å². The Morgan fingerprint density at radius 1 is 1.16 bits per heavy atom. The highest BCUT2D eigenvalue weighted by atomic mass is 16.6. The van der Waals surface area contributed by atoms with Crippen molar-refractivity contribution in [3.8, 4) is 0 Å². The smallest absolute Gasteiger partial charge is 0.412 e. The Bertz CT molecular complexity index is 596. The third-order valence-corrected chi connectivity index (χ3v) is 4.10. The Morgan fingerprint density at radius 3 is 2.36 bits per heavy atom. The third-order valence-electron chi connectivity index (χ3n) is 4.10. The second-order valence-corrected chi connectivity index (χ2v) is 7.20. The van der Waals surface area contributed by atoms with Gasteiger partial charge in [0.1, 0.15) is 17.9 Å². The van der Waals surface area contributed by atoms with E-state index in [2.05, 4.69) is 0 Å². The Hall–Kier alpha value is -2.08. The van der Waals surface area contributed by atoms with Crippen LogP contribution in [0.1, 0.15) is 50.9 Å². The average Bonchev–Trinajstić information content (AvgIpc) is 2.98. The van der Waals surface area contributed by atoms with Crippen LogP contribution in [-0.2, 0) is 14.2 Å². The first-order valence-electron chi connectivity index (χ1n) is 8.53. The molecule has 6 heteroatoms. The van der Waals surface area contributed by atoms with Gasteiger partial charge in [-0.2, -0.15) is 0 Å². The van der Waals surface area contributed by atoms with Crippen molar-refractivity contribution in [2.45, 2.75) is 64.5 Å². The molecular weight excluding hydrogens is 322 g/mol. The summed E-state index contributed by atoms with van der Waals surface area (Å²) in [7, 11) is 1.56. The molecule has 1 aromatic rings. The van der Waals surface area contributed by atoms with Crippen LogP contribution in [0.3, 0.4) is 0 Å². The molecule has 1 saturated heterocycles.